The highest BCUT2D eigenvalue weighted by atomic mass is 35.5. The summed E-state index contributed by atoms with van der Waals surface area (Å²) in [5.41, 5.74) is 1.51. The quantitative estimate of drug-likeness (QED) is 0.774. The van der Waals surface area contributed by atoms with Gasteiger partial charge in [0.25, 0.3) is 0 Å². The van der Waals surface area contributed by atoms with Crippen LogP contribution in [0.4, 0.5) is 5.69 Å². The van der Waals surface area contributed by atoms with Crippen molar-refractivity contribution in [3.63, 3.8) is 0 Å². The van der Waals surface area contributed by atoms with Crippen LogP contribution in [0.25, 0.3) is 0 Å². The average molecular weight is 324 g/mol. The molecule has 1 aromatic heterocycles. The molecule has 0 fully saturated rings. The van der Waals surface area contributed by atoms with Crippen LogP contribution in [0.2, 0.25) is 4.34 Å². The van der Waals surface area contributed by atoms with Gasteiger partial charge in [-0.3, -0.25) is 0 Å². The third-order valence-electron chi connectivity index (χ3n) is 2.87. The predicted molar refractivity (Wildman–Crippen MR) is 88.4 cm³/mol. The molecule has 1 heterocycles. The highest BCUT2D eigenvalue weighted by Crippen LogP contribution is 2.29. The lowest BCUT2D eigenvalue weighted by atomic mass is 10.2. The first-order chi connectivity index (χ1) is 9.95. The van der Waals surface area contributed by atoms with E-state index in [9.17, 15) is 4.79 Å². The molecule has 0 amide bonds. The van der Waals surface area contributed by atoms with Gasteiger partial charge in [-0.25, -0.2) is 4.79 Å². The van der Waals surface area contributed by atoms with Gasteiger partial charge in [-0.1, -0.05) is 11.6 Å². The zero-order chi connectivity index (χ0) is 15.4. The van der Waals surface area contributed by atoms with Crippen LogP contribution < -0.4 is 5.32 Å². The largest absolute Gasteiger partial charge is 0.459 e. The van der Waals surface area contributed by atoms with Crippen molar-refractivity contribution in [2.75, 3.05) is 5.32 Å². The minimum atomic E-state index is -0.297. The van der Waals surface area contributed by atoms with E-state index in [0.717, 1.165) is 10.0 Å². The number of carbonyl (C=O) groups is 1. The van der Waals surface area contributed by atoms with Gasteiger partial charge in [-0.05, 0) is 57.2 Å². The predicted octanol–water partition coefficient (Wildman–Crippen LogP) is 5.14. The lowest BCUT2D eigenvalue weighted by molar-refractivity contribution is 0.0378. The van der Waals surface area contributed by atoms with E-state index in [1.165, 1.54) is 4.88 Å². The van der Waals surface area contributed by atoms with Crippen LogP contribution in [0, 0.1) is 0 Å². The SMILES string of the molecule is CC(C)OC(=O)c1ccc(NC(C)c2ccc(Cl)s2)cc1. The third kappa shape index (κ3) is 4.48. The number of halogens is 1. The number of benzene rings is 1. The van der Waals surface area contributed by atoms with E-state index in [1.54, 1.807) is 23.5 Å². The van der Waals surface area contributed by atoms with Gasteiger partial charge >= 0.3 is 5.97 Å². The molecule has 2 aromatic rings. The van der Waals surface area contributed by atoms with Gasteiger partial charge in [0.05, 0.1) is 22.0 Å². The highest BCUT2D eigenvalue weighted by molar-refractivity contribution is 7.16. The molecule has 1 N–H and O–H groups in total. The topological polar surface area (TPSA) is 38.3 Å². The Morgan fingerprint density at radius 2 is 1.81 bits per heavy atom. The fraction of sp³-hybridized carbons (Fsp3) is 0.312. The maximum absolute atomic E-state index is 11.8. The van der Waals surface area contributed by atoms with E-state index in [4.69, 9.17) is 16.3 Å². The van der Waals surface area contributed by atoms with Crippen LogP contribution in [0.3, 0.4) is 0 Å². The van der Waals surface area contributed by atoms with E-state index >= 15 is 0 Å². The first-order valence-electron chi connectivity index (χ1n) is 6.78. The molecule has 5 heteroatoms. The van der Waals surface area contributed by atoms with Crippen molar-refractivity contribution in [1.29, 1.82) is 0 Å². The number of rotatable bonds is 5. The van der Waals surface area contributed by atoms with Crippen molar-refractivity contribution in [2.24, 2.45) is 0 Å². The maximum atomic E-state index is 11.8. The number of thiophene rings is 1. The van der Waals surface area contributed by atoms with Crippen molar-refractivity contribution in [3.05, 3.63) is 51.2 Å². The Hall–Kier alpha value is -1.52. The third-order valence-corrected chi connectivity index (χ3v) is 4.28. The Morgan fingerprint density at radius 1 is 1.14 bits per heavy atom. The van der Waals surface area contributed by atoms with Crippen molar-refractivity contribution in [3.8, 4) is 0 Å². The standard InChI is InChI=1S/C16H18ClNO2S/c1-10(2)20-16(19)12-4-6-13(7-5-12)18-11(3)14-8-9-15(17)21-14/h4-11,18H,1-3H3. The number of hydrogen-bond donors (Lipinski definition) is 1. The molecule has 2 rings (SSSR count). The second kappa shape index (κ2) is 6.96. The monoisotopic (exact) mass is 323 g/mol. The Labute approximate surface area is 133 Å². The minimum absolute atomic E-state index is 0.112. The Morgan fingerprint density at radius 3 is 2.33 bits per heavy atom. The molecule has 1 atom stereocenters. The number of hydrogen-bond acceptors (Lipinski definition) is 4. The summed E-state index contributed by atoms with van der Waals surface area (Å²) in [6.45, 7) is 5.74. The zero-order valence-corrected chi connectivity index (χ0v) is 13.8. The number of esters is 1. The molecule has 0 aliphatic rings. The van der Waals surface area contributed by atoms with Gasteiger partial charge in [0, 0.05) is 10.6 Å². The molecule has 112 valence electrons. The van der Waals surface area contributed by atoms with Crippen molar-refractivity contribution in [1.82, 2.24) is 0 Å². The smallest absolute Gasteiger partial charge is 0.338 e. The maximum Gasteiger partial charge on any atom is 0.338 e. The number of ether oxygens (including phenoxy) is 1. The van der Waals surface area contributed by atoms with Crippen LogP contribution in [0.15, 0.2) is 36.4 Å². The second-order valence-electron chi connectivity index (χ2n) is 5.04. The van der Waals surface area contributed by atoms with Gasteiger partial charge in [0.2, 0.25) is 0 Å². The minimum Gasteiger partial charge on any atom is -0.459 e. The molecule has 21 heavy (non-hydrogen) atoms. The normalized spacial score (nSPS) is 12.2. The summed E-state index contributed by atoms with van der Waals surface area (Å²) in [6, 6.07) is 11.4. The fourth-order valence-corrected chi connectivity index (χ4v) is 2.93. The summed E-state index contributed by atoms with van der Waals surface area (Å²) in [4.78, 5) is 12.9. The Bertz CT molecular complexity index is 607. The molecule has 0 spiro atoms. The molecule has 0 saturated heterocycles. The number of nitrogens with one attached hydrogen (secondary N) is 1. The lowest BCUT2D eigenvalue weighted by Crippen LogP contribution is -2.11. The van der Waals surface area contributed by atoms with E-state index in [0.29, 0.717) is 5.56 Å². The lowest BCUT2D eigenvalue weighted by Gasteiger charge is -2.14. The van der Waals surface area contributed by atoms with Gasteiger partial charge in [0.15, 0.2) is 0 Å². The molecule has 1 aromatic carbocycles. The van der Waals surface area contributed by atoms with Crippen LogP contribution in [-0.4, -0.2) is 12.1 Å². The molecular weight excluding hydrogens is 306 g/mol. The summed E-state index contributed by atoms with van der Waals surface area (Å²) in [7, 11) is 0. The van der Waals surface area contributed by atoms with Crippen molar-refractivity contribution >= 4 is 34.6 Å². The van der Waals surface area contributed by atoms with E-state index < -0.39 is 0 Å². The second-order valence-corrected chi connectivity index (χ2v) is 6.79. The molecule has 0 aliphatic carbocycles. The van der Waals surface area contributed by atoms with Crippen molar-refractivity contribution < 1.29 is 9.53 Å². The van der Waals surface area contributed by atoms with Crippen LogP contribution in [-0.2, 0) is 4.74 Å². The Kier molecular flexibility index (Phi) is 5.26. The molecule has 1 unspecified atom stereocenters. The summed E-state index contributed by atoms with van der Waals surface area (Å²) in [5, 5.41) is 3.38. The Balaban J connectivity index is 2.00. The molecular formula is C16H18ClNO2S. The fourth-order valence-electron chi connectivity index (χ4n) is 1.87. The first-order valence-corrected chi connectivity index (χ1v) is 7.98. The number of carbonyl (C=O) groups excluding carboxylic acids is 1. The summed E-state index contributed by atoms with van der Waals surface area (Å²) in [6.07, 6.45) is -0.112. The van der Waals surface area contributed by atoms with Crippen LogP contribution in [0.5, 0.6) is 0 Å². The van der Waals surface area contributed by atoms with Gasteiger partial charge in [0.1, 0.15) is 0 Å². The summed E-state index contributed by atoms with van der Waals surface area (Å²) >= 11 is 7.50. The van der Waals surface area contributed by atoms with Crippen molar-refractivity contribution in [2.45, 2.75) is 32.9 Å². The summed E-state index contributed by atoms with van der Waals surface area (Å²) in [5.74, 6) is -0.297. The van der Waals surface area contributed by atoms with Crippen LogP contribution >= 0.6 is 22.9 Å². The molecule has 0 aliphatic heterocycles. The molecule has 0 radical (unpaired) electrons. The van der Waals surface area contributed by atoms with Gasteiger partial charge in [-0.2, -0.15) is 0 Å². The highest BCUT2D eigenvalue weighted by Gasteiger charge is 2.11. The van der Waals surface area contributed by atoms with Crippen LogP contribution in [0.1, 0.15) is 42.0 Å². The first kappa shape index (κ1) is 15.9. The van der Waals surface area contributed by atoms with E-state index in [-0.39, 0.29) is 18.1 Å². The van der Waals surface area contributed by atoms with E-state index in [2.05, 4.69) is 12.2 Å². The van der Waals surface area contributed by atoms with Gasteiger partial charge < -0.3 is 10.1 Å². The van der Waals surface area contributed by atoms with E-state index in [1.807, 2.05) is 38.1 Å². The number of anilines is 1. The zero-order valence-electron chi connectivity index (χ0n) is 12.2. The average Bonchev–Trinajstić information content (AvgIpc) is 2.85. The molecule has 3 nitrogen and oxygen atoms in total. The molecule has 0 saturated carbocycles. The van der Waals surface area contributed by atoms with Gasteiger partial charge in [-0.15, -0.1) is 11.3 Å². The summed E-state index contributed by atoms with van der Waals surface area (Å²) < 4.78 is 5.94. The molecule has 0 bridgehead atoms.